The Bertz CT molecular complexity index is 489. The zero-order chi connectivity index (χ0) is 19.3. The van der Waals surface area contributed by atoms with Gasteiger partial charge in [0.25, 0.3) is 0 Å². The fraction of sp³-hybridized carbons (Fsp3) is 0.842. The lowest BCUT2D eigenvalue weighted by Gasteiger charge is -2.33. The van der Waals surface area contributed by atoms with Gasteiger partial charge in [0.15, 0.2) is 0 Å². The second kappa shape index (κ2) is 8.79. The molecule has 1 unspecified atom stereocenters. The number of nitrogens with zero attached hydrogens (tertiary/aromatic N) is 1. The molecular formula is C19H34N2O4. The quantitative estimate of drug-likeness (QED) is 0.794. The van der Waals surface area contributed by atoms with E-state index in [9.17, 15) is 14.4 Å². The molecule has 1 saturated heterocycles. The number of Topliss-reactive ketones (excluding diaryl/α,β-unsaturated/α-hetero) is 1. The predicted molar refractivity (Wildman–Crippen MR) is 97.1 cm³/mol. The third-order valence-electron chi connectivity index (χ3n) is 4.18. The van der Waals surface area contributed by atoms with Crippen LogP contribution < -0.4 is 5.32 Å². The van der Waals surface area contributed by atoms with E-state index in [2.05, 4.69) is 5.32 Å². The molecule has 0 spiro atoms. The van der Waals surface area contributed by atoms with Gasteiger partial charge < -0.3 is 15.0 Å². The van der Waals surface area contributed by atoms with E-state index >= 15 is 0 Å². The van der Waals surface area contributed by atoms with Gasteiger partial charge >= 0.3 is 0 Å². The number of ketones is 1. The van der Waals surface area contributed by atoms with Crippen LogP contribution in [-0.2, 0) is 19.1 Å². The first-order valence-corrected chi connectivity index (χ1v) is 9.13. The molecular weight excluding hydrogens is 320 g/mol. The molecule has 1 aliphatic rings. The van der Waals surface area contributed by atoms with E-state index in [1.54, 1.807) is 4.90 Å². The normalized spacial score (nSPS) is 18.8. The third kappa shape index (κ3) is 8.47. The molecule has 1 N–H and O–H groups in total. The Labute approximate surface area is 151 Å². The fourth-order valence-electron chi connectivity index (χ4n) is 2.63. The minimum atomic E-state index is -0.411. The maximum Gasteiger partial charge on any atom is 0.246 e. The molecule has 1 atom stereocenters. The van der Waals surface area contributed by atoms with Crippen molar-refractivity contribution in [2.75, 3.05) is 19.7 Å². The second-order valence-electron chi connectivity index (χ2n) is 8.82. The van der Waals surface area contributed by atoms with Gasteiger partial charge in [-0.3, -0.25) is 14.4 Å². The molecule has 0 bridgehead atoms. The Morgan fingerprint density at radius 1 is 1.08 bits per heavy atom. The summed E-state index contributed by atoms with van der Waals surface area (Å²) in [5.74, 6) is -0.0679. The number of likely N-dealkylation sites (tertiary alicyclic amines) is 1. The Kier molecular flexibility index (Phi) is 7.60. The number of carbonyl (C=O) groups excluding carboxylic acids is 3. The van der Waals surface area contributed by atoms with Crippen molar-refractivity contribution in [3.63, 3.8) is 0 Å². The Balaban J connectivity index is 2.42. The second-order valence-corrected chi connectivity index (χ2v) is 8.82. The van der Waals surface area contributed by atoms with Gasteiger partial charge in [0.2, 0.25) is 11.8 Å². The van der Waals surface area contributed by atoms with Gasteiger partial charge in [0, 0.05) is 37.4 Å². The summed E-state index contributed by atoms with van der Waals surface area (Å²) in [6, 6.07) is -0.0490. The van der Waals surface area contributed by atoms with E-state index in [0.29, 0.717) is 13.1 Å². The minimum absolute atomic E-state index is 0.0116. The van der Waals surface area contributed by atoms with Crippen molar-refractivity contribution in [2.45, 2.75) is 78.9 Å². The number of piperidine rings is 1. The molecule has 1 heterocycles. The van der Waals surface area contributed by atoms with Crippen LogP contribution in [0.5, 0.6) is 0 Å². The Morgan fingerprint density at radius 3 is 2.28 bits per heavy atom. The van der Waals surface area contributed by atoms with Gasteiger partial charge in [-0.15, -0.1) is 0 Å². The number of ether oxygens (including phenoxy) is 1. The van der Waals surface area contributed by atoms with Crippen LogP contribution in [0.2, 0.25) is 0 Å². The number of amides is 2. The minimum Gasteiger partial charge on any atom is -0.366 e. The van der Waals surface area contributed by atoms with Crippen LogP contribution in [0.25, 0.3) is 0 Å². The van der Waals surface area contributed by atoms with Crippen molar-refractivity contribution in [3.8, 4) is 0 Å². The lowest BCUT2D eigenvalue weighted by Crippen LogP contribution is -2.50. The van der Waals surface area contributed by atoms with Crippen molar-refractivity contribution >= 4 is 17.6 Å². The molecule has 1 fully saturated rings. The van der Waals surface area contributed by atoms with E-state index in [-0.39, 0.29) is 48.7 Å². The SMILES string of the molecule is CC(C)(C)OCC(=O)NC1CCCN(C(=O)CCC(=O)C(C)(C)C)C1. The molecule has 0 aromatic rings. The molecule has 0 aliphatic carbocycles. The molecule has 25 heavy (non-hydrogen) atoms. The lowest BCUT2D eigenvalue weighted by molar-refractivity contribution is -0.137. The molecule has 1 aliphatic heterocycles. The molecule has 1 rings (SSSR count). The van der Waals surface area contributed by atoms with Gasteiger partial charge in [-0.2, -0.15) is 0 Å². The fourth-order valence-corrected chi connectivity index (χ4v) is 2.63. The van der Waals surface area contributed by atoms with Crippen LogP contribution in [0.15, 0.2) is 0 Å². The first kappa shape index (κ1) is 21.6. The summed E-state index contributed by atoms with van der Waals surface area (Å²) in [5.41, 5.74) is -0.767. The van der Waals surface area contributed by atoms with Gasteiger partial charge in [-0.1, -0.05) is 20.8 Å². The maximum atomic E-state index is 12.4. The van der Waals surface area contributed by atoms with Crippen LogP contribution in [0.4, 0.5) is 0 Å². The summed E-state index contributed by atoms with van der Waals surface area (Å²) in [4.78, 5) is 38.1. The van der Waals surface area contributed by atoms with Crippen LogP contribution in [-0.4, -0.2) is 53.8 Å². The number of hydrogen-bond donors (Lipinski definition) is 1. The summed E-state index contributed by atoms with van der Waals surface area (Å²) < 4.78 is 5.47. The molecule has 0 aromatic carbocycles. The van der Waals surface area contributed by atoms with Gasteiger partial charge in [0.1, 0.15) is 12.4 Å². The highest BCUT2D eigenvalue weighted by molar-refractivity contribution is 5.88. The zero-order valence-electron chi connectivity index (χ0n) is 16.6. The van der Waals surface area contributed by atoms with Crippen molar-refractivity contribution in [1.29, 1.82) is 0 Å². The van der Waals surface area contributed by atoms with Crippen LogP contribution in [0.3, 0.4) is 0 Å². The monoisotopic (exact) mass is 354 g/mol. The van der Waals surface area contributed by atoms with Gasteiger partial charge in [0.05, 0.1) is 5.60 Å². The van der Waals surface area contributed by atoms with Crippen molar-refractivity contribution in [3.05, 3.63) is 0 Å². The highest BCUT2D eigenvalue weighted by atomic mass is 16.5. The molecule has 0 aromatic heterocycles. The average Bonchev–Trinajstić information content (AvgIpc) is 2.49. The molecule has 2 amide bonds. The number of nitrogens with one attached hydrogen (secondary N) is 1. The number of carbonyl (C=O) groups is 3. The van der Waals surface area contributed by atoms with Gasteiger partial charge in [-0.05, 0) is 33.6 Å². The molecule has 6 nitrogen and oxygen atoms in total. The molecule has 6 heteroatoms. The summed E-state index contributed by atoms with van der Waals surface area (Å²) >= 11 is 0. The van der Waals surface area contributed by atoms with Crippen molar-refractivity contribution in [1.82, 2.24) is 10.2 Å². The number of hydrogen-bond acceptors (Lipinski definition) is 4. The summed E-state index contributed by atoms with van der Waals surface area (Å²) in [5, 5.41) is 2.94. The van der Waals surface area contributed by atoms with E-state index in [1.165, 1.54) is 0 Å². The Morgan fingerprint density at radius 2 is 1.72 bits per heavy atom. The van der Waals surface area contributed by atoms with Crippen molar-refractivity contribution in [2.24, 2.45) is 5.41 Å². The lowest BCUT2D eigenvalue weighted by atomic mass is 9.88. The topological polar surface area (TPSA) is 75.7 Å². The smallest absolute Gasteiger partial charge is 0.246 e. The van der Waals surface area contributed by atoms with E-state index < -0.39 is 5.41 Å². The highest BCUT2D eigenvalue weighted by Gasteiger charge is 2.27. The van der Waals surface area contributed by atoms with Crippen molar-refractivity contribution < 1.29 is 19.1 Å². The predicted octanol–water partition coefficient (Wildman–Crippen LogP) is 2.30. The third-order valence-corrected chi connectivity index (χ3v) is 4.18. The highest BCUT2D eigenvalue weighted by Crippen LogP contribution is 2.19. The summed E-state index contributed by atoms with van der Waals surface area (Å²) in [6.45, 7) is 12.5. The molecule has 0 radical (unpaired) electrons. The van der Waals surface area contributed by atoms with Crippen LogP contribution >= 0.6 is 0 Å². The number of rotatable bonds is 6. The zero-order valence-corrected chi connectivity index (χ0v) is 16.6. The largest absolute Gasteiger partial charge is 0.366 e. The summed E-state index contributed by atoms with van der Waals surface area (Å²) in [6.07, 6.45) is 2.22. The van der Waals surface area contributed by atoms with Crippen LogP contribution in [0.1, 0.15) is 67.2 Å². The average molecular weight is 354 g/mol. The molecule has 0 saturated carbocycles. The van der Waals surface area contributed by atoms with E-state index in [0.717, 1.165) is 12.8 Å². The Hall–Kier alpha value is -1.43. The standard InChI is InChI=1S/C19H34N2O4/c1-18(2,3)15(22)9-10-17(24)21-11-7-8-14(12-21)20-16(23)13-25-19(4,5)6/h14H,7-13H2,1-6H3,(H,20,23). The summed E-state index contributed by atoms with van der Waals surface area (Å²) in [7, 11) is 0. The van der Waals surface area contributed by atoms with Crippen LogP contribution in [0, 0.1) is 5.41 Å². The molecule has 144 valence electrons. The van der Waals surface area contributed by atoms with E-state index in [4.69, 9.17) is 4.74 Å². The first-order chi connectivity index (χ1) is 11.4. The van der Waals surface area contributed by atoms with E-state index in [1.807, 2.05) is 41.5 Å². The van der Waals surface area contributed by atoms with Gasteiger partial charge in [-0.25, -0.2) is 0 Å². The maximum absolute atomic E-state index is 12.4. The first-order valence-electron chi connectivity index (χ1n) is 9.13.